The summed E-state index contributed by atoms with van der Waals surface area (Å²) in [5.41, 5.74) is 1.91. The van der Waals surface area contributed by atoms with Gasteiger partial charge in [-0.1, -0.05) is 13.8 Å². The molecule has 2 heterocycles. The summed E-state index contributed by atoms with van der Waals surface area (Å²) in [6.45, 7) is 4.12. The minimum absolute atomic E-state index is 0.133. The summed E-state index contributed by atoms with van der Waals surface area (Å²) in [5, 5.41) is 19.3. The van der Waals surface area contributed by atoms with Gasteiger partial charge in [0, 0.05) is 24.2 Å². The Morgan fingerprint density at radius 3 is 2.74 bits per heavy atom. The number of carbonyl (C=O) groups is 1. The zero-order chi connectivity index (χ0) is 16.6. The zero-order valence-electron chi connectivity index (χ0n) is 13.6. The number of nitrogens with zero attached hydrogens (tertiary/aromatic N) is 3. The molecule has 7 heteroatoms. The van der Waals surface area contributed by atoms with Crippen molar-refractivity contribution in [3.63, 3.8) is 0 Å². The number of amides is 1. The van der Waals surface area contributed by atoms with E-state index in [1.165, 1.54) is 11.3 Å². The molecular weight excluding hydrogens is 312 g/mol. The summed E-state index contributed by atoms with van der Waals surface area (Å²) in [5.74, 6) is 0.392. The predicted molar refractivity (Wildman–Crippen MR) is 88.3 cm³/mol. The molecule has 0 bridgehead atoms. The lowest BCUT2D eigenvalue weighted by molar-refractivity contribution is 0.0235. The van der Waals surface area contributed by atoms with Gasteiger partial charge in [0.1, 0.15) is 0 Å². The van der Waals surface area contributed by atoms with Gasteiger partial charge in [-0.05, 0) is 24.7 Å². The molecule has 0 aliphatic heterocycles. The fourth-order valence-electron chi connectivity index (χ4n) is 2.83. The summed E-state index contributed by atoms with van der Waals surface area (Å²) in [6.07, 6.45) is 4.83. The average Bonchev–Trinajstić information content (AvgIpc) is 3.10. The number of aryl methyl sites for hydroxylation is 1. The van der Waals surface area contributed by atoms with Crippen LogP contribution >= 0.6 is 11.3 Å². The first kappa shape index (κ1) is 16.1. The second-order valence-electron chi connectivity index (χ2n) is 6.52. The first-order valence-corrected chi connectivity index (χ1v) is 8.75. The molecule has 1 aliphatic rings. The van der Waals surface area contributed by atoms with Crippen molar-refractivity contribution in [1.29, 1.82) is 0 Å². The van der Waals surface area contributed by atoms with E-state index in [1.807, 2.05) is 18.6 Å². The third kappa shape index (κ3) is 3.45. The number of rotatable bonds is 5. The number of carbonyl (C=O) groups excluding carboxylic acids is 1. The molecule has 3 rings (SSSR count). The van der Waals surface area contributed by atoms with Crippen LogP contribution in [-0.4, -0.2) is 31.9 Å². The van der Waals surface area contributed by atoms with Gasteiger partial charge in [0.05, 0.1) is 24.0 Å². The van der Waals surface area contributed by atoms with E-state index >= 15 is 0 Å². The lowest BCUT2D eigenvalue weighted by Crippen LogP contribution is -2.41. The number of thiazole rings is 1. The van der Waals surface area contributed by atoms with Crippen LogP contribution in [0.25, 0.3) is 0 Å². The van der Waals surface area contributed by atoms with E-state index in [0.29, 0.717) is 23.8 Å². The Hall–Kier alpha value is -1.73. The van der Waals surface area contributed by atoms with Crippen molar-refractivity contribution in [3.8, 4) is 0 Å². The average molecular weight is 334 g/mol. The van der Waals surface area contributed by atoms with Crippen LogP contribution in [0.15, 0.2) is 17.8 Å². The van der Waals surface area contributed by atoms with Crippen LogP contribution in [0.2, 0.25) is 0 Å². The number of aliphatic hydroxyl groups excluding tert-OH is 1. The second-order valence-corrected chi connectivity index (χ2v) is 7.37. The fraction of sp³-hybridized carbons (Fsp3) is 0.562. The first-order valence-electron chi connectivity index (χ1n) is 7.87. The van der Waals surface area contributed by atoms with E-state index in [1.54, 1.807) is 10.9 Å². The van der Waals surface area contributed by atoms with Crippen molar-refractivity contribution >= 4 is 17.2 Å². The lowest BCUT2D eigenvalue weighted by Gasteiger charge is -2.37. The quantitative estimate of drug-likeness (QED) is 0.879. The number of aliphatic hydroxyl groups is 1. The molecule has 0 unspecified atom stereocenters. The SMILES string of the molecule is CC(C)c1csc(C(=O)N[C@@H](c2cnn(C)c2)C2CC(O)C2)n1. The maximum atomic E-state index is 12.5. The first-order chi connectivity index (χ1) is 10.9. The topological polar surface area (TPSA) is 80.0 Å². The van der Waals surface area contributed by atoms with Crippen LogP contribution in [0.3, 0.4) is 0 Å². The lowest BCUT2D eigenvalue weighted by atomic mass is 9.75. The molecule has 1 amide bonds. The largest absolute Gasteiger partial charge is 0.393 e. The summed E-state index contributed by atoms with van der Waals surface area (Å²) in [6, 6.07) is -0.133. The maximum absolute atomic E-state index is 12.5. The van der Waals surface area contributed by atoms with Gasteiger partial charge >= 0.3 is 0 Å². The molecule has 0 aromatic carbocycles. The molecular formula is C16H22N4O2S. The Kier molecular flexibility index (Phi) is 4.50. The molecule has 2 aromatic rings. The van der Waals surface area contributed by atoms with Gasteiger partial charge < -0.3 is 10.4 Å². The molecule has 1 atom stereocenters. The van der Waals surface area contributed by atoms with E-state index in [2.05, 4.69) is 29.2 Å². The monoisotopic (exact) mass is 334 g/mol. The van der Waals surface area contributed by atoms with Gasteiger partial charge in [-0.25, -0.2) is 4.98 Å². The Bertz CT molecular complexity index is 688. The van der Waals surface area contributed by atoms with E-state index in [9.17, 15) is 9.90 Å². The summed E-state index contributed by atoms with van der Waals surface area (Å²) in [7, 11) is 1.85. The molecule has 0 spiro atoms. The standard InChI is InChI=1S/C16H22N4O2S/c1-9(2)13-8-23-16(18-13)15(22)19-14(10-4-12(21)5-10)11-6-17-20(3)7-11/h6-10,12,14,21H,4-5H2,1-3H3,(H,19,22)/t10?,12?,14-/m1/s1. The molecule has 6 nitrogen and oxygen atoms in total. The molecule has 1 fully saturated rings. The van der Waals surface area contributed by atoms with Crippen LogP contribution in [-0.2, 0) is 7.05 Å². The van der Waals surface area contributed by atoms with Crippen molar-refractivity contribution in [1.82, 2.24) is 20.1 Å². The van der Waals surface area contributed by atoms with E-state index in [0.717, 1.165) is 11.3 Å². The fourth-order valence-corrected chi connectivity index (χ4v) is 3.72. The van der Waals surface area contributed by atoms with Gasteiger partial charge in [-0.3, -0.25) is 9.48 Å². The highest BCUT2D eigenvalue weighted by Crippen LogP contribution is 2.38. The Balaban J connectivity index is 1.76. The highest BCUT2D eigenvalue weighted by molar-refractivity contribution is 7.11. The summed E-state index contributed by atoms with van der Waals surface area (Å²) in [4.78, 5) is 17.0. The van der Waals surface area contributed by atoms with Crippen molar-refractivity contribution < 1.29 is 9.90 Å². The molecule has 0 saturated heterocycles. The molecule has 124 valence electrons. The molecule has 0 radical (unpaired) electrons. The van der Waals surface area contributed by atoms with Crippen molar-refractivity contribution in [2.75, 3.05) is 0 Å². The summed E-state index contributed by atoms with van der Waals surface area (Å²) < 4.78 is 1.73. The van der Waals surface area contributed by atoms with Gasteiger partial charge in [-0.2, -0.15) is 5.10 Å². The predicted octanol–water partition coefficient (Wildman–Crippen LogP) is 2.24. The molecule has 2 N–H and O–H groups in total. The third-order valence-electron chi connectivity index (χ3n) is 4.30. The minimum Gasteiger partial charge on any atom is -0.393 e. The molecule has 1 aliphatic carbocycles. The van der Waals surface area contributed by atoms with Crippen LogP contribution in [0.5, 0.6) is 0 Å². The number of nitrogens with one attached hydrogen (secondary N) is 1. The smallest absolute Gasteiger partial charge is 0.280 e. The second kappa shape index (κ2) is 6.41. The van der Waals surface area contributed by atoms with Gasteiger partial charge in [0.15, 0.2) is 5.01 Å². The van der Waals surface area contributed by atoms with Gasteiger partial charge in [-0.15, -0.1) is 11.3 Å². The van der Waals surface area contributed by atoms with Gasteiger partial charge in [0.2, 0.25) is 0 Å². The zero-order valence-corrected chi connectivity index (χ0v) is 14.4. The number of hydrogen-bond donors (Lipinski definition) is 2. The normalized spacial score (nSPS) is 22.0. The van der Waals surface area contributed by atoms with Crippen LogP contribution in [0, 0.1) is 5.92 Å². The third-order valence-corrected chi connectivity index (χ3v) is 5.16. The number of hydrogen-bond acceptors (Lipinski definition) is 5. The van der Waals surface area contributed by atoms with E-state index in [-0.39, 0.29) is 24.0 Å². The van der Waals surface area contributed by atoms with Crippen LogP contribution in [0.4, 0.5) is 0 Å². The number of aromatic nitrogens is 3. The Labute approximate surface area is 139 Å². The van der Waals surface area contributed by atoms with Crippen LogP contribution < -0.4 is 5.32 Å². The minimum atomic E-state index is -0.261. The highest BCUT2D eigenvalue weighted by Gasteiger charge is 2.36. The maximum Gasteiger partial charge on any atom is 0.280 e. The van der Waals surface area contributed by atoms with E-state index < -0.39 is 0 Å². The Morgan fingerprint density at radius 1 is 1.48 bits per heavy atom. The van der Waals surface area contributed by atoms with E-state index in [4.69, 9.17) is 0 Å². The highest BCUT2D eigenvalue weighted by atomic mass is 32.1. The summed E-state index contributed by atoms with van der Waals surface area (Å²) >= 11 is 1.37. The molecule has 23 heavy (non-hydrogen) atoms. The van der Waals surface area contributed by atoms with Crippen molar-refractivity contribution in [2.24, 2.45) is 13.0 Å². The van der Waals surface area contributed by atoms with Crippen LogP contribution in [0.1, 0.15) is 59.7 Å². The molecule has 1 saturated carbocycles. The van der Waals surface area contributed by atoms with Crippen molar-refractivity contribution in [3.05, 3.63) is 34.0 Å². The van der Waals surface area contributed by atoms with Gasteiger partial charge in [0.25, 0.3) is 5.91 Å². The Morgan fingerprint density at radius 2 is 2.22 bits per heavy atom. The van der Waals surface area contributed by atoms with Crippen molar-refractivity contribution in [2.45, 2.75) is 44.8 Å². The molecule has 2 aromatic heterocycles.